The lowest BCUT2D eigenvalue weighted by atomic mass is 9.48. The molecule has 4 saturated carbocycles. The van der Waals surface area contributed by atoms with E-state index < -0.39 is 17.6 Å². The number of halogens is 3. The van der Waals surface area contributed by atoms with Crippen LogP contribution in [0.1, 0.15) is 84.7 Å². The van der Waals surface area contributed by atoms with Crippen molar-refractivity contribution in [2.75, 3.05) is 6.61 Å². The number of carbonyl (C=O) groups excluding carboxylic acids is 1. The SMILES string of the molecule is NC(=O)c1ncc(OCC2CC3(CC(C=Cc4c(-c5ccccc5C(F)(F)F)noc4C4CC4)C3)C2)cc1OC1CC1. The second-order valence-electron chi connectivity index (χ2n) is 12.4. The van der Waals surface area contributed by atoms with Gasteiger partial charge >= 0.3 is 6.18 Å². The molecule has 7 nitrogen and oxygen atoms in total. The van der Waals surface area contributed by atoms with Crippen LogP contribution < -0.4 is 15.2 Å². The molecule has 10 heteroatoms. The van der Waals surface area contributed by atoms with Crippen LogP contribution in [-0.2, 0) is 6.18 Å². The van der Waals surface area contributed by atoms with E-state index in [1.807, 2.05) is 6.08 Å². The molecule has 0 radical (unpaired) electrons. The molecule has 2 N–H and O–H groups in total. The van der Waals surface area contributed by atoms with Crippen molar-refractivity contribution >= 4 is 12.0 Å². The lowest BCUT2D eigenvalue weighted by Gasteiger charge is -2.57. The molecule has 3 aromatic rings. The van der Waals surface area contributed by atoms with E-state index in [9.17, 15) is 18.0 Å². The molecule has 0 aliphatic heterocycles. The Kier molecular flexibility index (Phi) is 6.55. The summed E-state index contributed by atoms with van der Waals surface area (Å²) in [5.74, 6) is 2.04. The maximum Gasteiger partial charge on any atom is 0.417 e. The van der Waals surface area contributed by atoms with Crippen LogP contribution in [0.5, 0.6) is 11.5 Å². The van der Waals surface area contributed by atoms with Gasteiger partial charge in [-0.2, -0.15) is 13.2 Å². The number of hydrogen-bond donors (Lipinski definition) is 1. The molecule has 1 spiro atoms. The Morgan fingerprint density at radius 3 is 2.57 bits per heavy atom. The highest BCUT2D eigenvalue weighted by Crippen LogP contribution is 2.61. The van der Waals surface area contributed by atoms with Gasteiger partial charge in [0.25, 0.3) is 5.91 Å². The zero-order valence-corrected chi connectivity index (χ0v) is 23.0. The van der Waals surface area contributed by atoms with E-state index in [1.165, 1.54) is 18.3 Å². The highest BCUT2D eigenvalue weighted by molar-refractivity contribution is 5.93. The van der Waals surface area contributed by atoms with Crippen molar-refractivity contribution in [3.63, 3.8) is 0 Å². The number of alkyl halides is 3. The summed E-state index contributed by atoms with van der Waals surface area (Å²) in [4.78, 5) is 15.8. The monoisotopic (exact) mass is 579 g/mol. The van der Waals surface area contributed by atoms with Crippen LogP contribution in [0.2, 0.25) is 0 Å². The number of carbonyl (C=O) groups is 1. The van der Waals surface area contributed by atoms with Gasteiger partial charge in [-0.15, -0.1) is 0 Å². The molecule has 4 fully saturated rings. The molecule has 2 heterocycles. The molecule has 0 bridgehead atoms. The van der Waals surface area contributed by atoms with Gasteiger partial charge in [0.2, 0.25) is 0 Å². The summed E-state index contributed by atoms with van der Waals surface area (Å²) >= 11 is 0. The van der Waals surface area contributed by atoms with E-state index in [-0.39, 0.29) is 29.0 Å². The summed E-state index contributed by atoms with van der Waals surface area (Å²) in [5.41, 5.74) is 6.15. The van der Waals surface area contributed by atoms with E-state index in [0.717, 1.165) is 57.4 Å². The third-order valence-corrected chi connectivity index (χ3v) is 8.93. The quantitative estimate of drug-likeness (QED) is 0.273. The summed E-state index contributed by atoms with van der Waals surface area (Å²) in [6, 6.07) is 7.25. The average Bonchev–Trinajstić information content (AvgIpc) is 3.85. The molecule has 220 valence electrons. The molecule has 42 heavy (non-hydrogen) atoms. The van der Waals surface area contributed by atoms with Crippen molar-refractivity contribution in [1.82, 2.24) is 10.1 Å². The minimum Gasteiger partial charge on any atom is -0.492 e. The molecular formula is C32H32F3N3O4. The largest absolute Gasteiger partial charge is 0.492 e. The zero-order chi connectivity index (χ0) is 29.1. The van der Waals surface area contributed by atoms with Crippen molar-refractivity contribution in [3.05, 3.63) is 65.2 Å². The third-order valence-electron chi connectivity index (χ3n) is 8.93. The Morgan fingerprint density at radius 2 is 1.88 bits per heavy atom. The standard InChI is InChI=1S/C32H32F3N3O4/c33-32(34,35)25-4-2-1-3-23(25)27-24(29(42-38-27)20-6-7-20)10-5-18-12-31(13-18)14-19(15-31)17-40-22-11-26(41-21-8-9-21)28(30(36)39)37-16-22/h1-5,10-11,16,18-21H,6-9,12-15,17H2,(H2,36,39). The van der Waals surface area contributed by atoms with Gasteiger partial charge in [-0.1, -0.05) is 35.5 Å². The van der Waals surface area contributed by atoms with Gasteiger partial charge in [0, 0.05) is 23.1 Å². The first-order valence-corrected chi connectivity index (χ1v) is 14.6. The smallest absolute Gasteiger partial charge is 0.417 e. The van der Waals surface area contributed by atoms with Gasteiger partial charge in [0.1, 0.15) is 17.2 Å². The summed E-state index contributed by atoms with van der Waals surface area (Å²) in [6.45, 7) is 0.566. The van der Waals surface area contributed by atoms with E-state index in [2.05, 4.69) is 16.2 Å². The van der Waals surface area contributed by atoms with Crippen LogP contribution in [0.25, 0.3) is 17.3 Å². The topological polar surface area (TPSA) is 100 Å². The number of allylic oxidation sites excluding steroid dienone is 1. The molecule has 1 amide bonds. The van der Waals surface area contributed by atoms with E-state index in [0.29, 0.717) is 46.7 Å². The number of primary amides is 1. The lowest BCUT2D eigenvalue weighted by Crippen LogP contribution is -2.48. The minimum atomic E-state index is -4.47. The second kappa shape index (κ2) is 10.2. The molecule has 0 unspecified atom stereocenters. The first-order valence-electron chi connectivity index (χ1n) is 14.6. The fourth-order valence-electron chi connectivity index (χ4n) is 6.64. The Balaban J connectivity index is 0.964. The number of benzene rings is 1. The van der Waals surface area contributed by atoms with Gasteiger partial charge in [0.15, 0.2) is 11.4 Å². The first-order chi connectivity index (χ1) is 20.2. The van der Waals surface area contributed by atoms with Gasteiger partial charge in [0.05, 0.1) is 24.5 Å². The van der Waals surface area contributed by atoms with Crippen molar-refractivity contribution in [3.8, 4) is 22.8 Å². The van der Waals surface area contributed by atoms with Crippen LogP contribution in [-0.4, -0.2) is 28.8 Å². The van der Waals surface area contributed by atoms with Crippen molar-refractivity contribution in [2.24, 2.45) is 23.0 Å². The fraction of sp³-hybridized carbons (Fsp3) is 0.469. The van der Waals surface area contributed by atoms with Gasteiger partial charge < -0.3 is 19.7 Å². The molecule has 0 saturated heterocycles. The van der Waals surface area contributed by atoms with Crippen LogP contribution in [0.4, 0.5) is 13.2 Å². The number of nitrogens with two attached hydrogens (primary N) is 1. The average molecular weight is 580 g/mol. The predicted octanol–water partition coefficient (Wildman–Crippen LogP) is 7.17. The Hall–Kier alpha value is -3.82. The molecular weight excluding hydrogens is 547 g/mol. The van der Waals surface area contributed by atoms with Crippen molar-refractivity contribution in [2.45, 2.75) is 69.6 Å². The first kappa shape index (κ1) is 27.0. The predicted molar refractivity (Wildman–Crippen MR) is 148 cm³/mol. The highest BCUT2D eigenvalue weighted by atomic mass is 19.4. The molecule has 0 atom stereocenters. The number of aromatic nitrogens is 2. The van der Waals surface area contributed by atoms with E-state index in [1.54, 1.807) is 12.1 Å². The van der Waals surface area contributed by atoms with E-state index >= 15 is 0 Å². The number of rotatable bonds is 10. The molecule has 4 aliphatic rings. The van der Waals surface area contributed by atoms with Crippen LogP contribution >= 0.6 is 0 Å². The zero-order valence-electron chi connectivity index (χ0n) is 23.0. The third kappa shape index (κ3) is 5.39. The summed E-state index contributed by atoms with van der Waals surface area (Å²) in [6.07, 6.45) is 9.29. The maximum atomic E-state index is 13.7. The van der Waals surface area contributed by atoms with Crippen LogP contribution in [0.3, 0.4) is 0 Å². The second-order valence-corrected chi connectivity index (χ2v) is 12.4. The van der Waals surface area contributed by atoms with Crippen molar-refractivity contribution in [1.29, 1.82) is 0 Å². The fourth-order valence-corrected chi connectivity index (χ4v) is 6.64. The number of ether oxygens (including phenoxy) is 2. The Labute approximate surface area is 241 Å². The normalized spacial score (nSPS) is 25.3. The number of pyridine rings is 1. The maximum absolute atomic E-state index is 13.7. The van der Waals surface area contributed by atoms with Crippen molar-refractivity contribution < 1.29 is 32.0 Å². The molecule has 7 rings (SSSR count). The number of amides is 1. The van der Waals surface area contributed by atoms with Crippen LogP contribution in [0.15, 0.2) is 47.1 Å². The molecule has 1 aromatic carbocycles. The Morgan fingerprint density at radius 1 is 1.12 bits per heavy atom. The summed E-state index contributed by atoms with van der Waals surface area (Å²) < 4.78 is 58.6. The number of nitrogens with zero attached hydrogens (tertiary/aromatic N) is 2. The highest BCUT2D eigenvalue weighted by Gasteiger charge is 2.52. The summed E-state index contributed by atoms with van der Waals surface area (Å²) in [5, 5.41) is 4.12. The Bertz CT molecular complexity index is 1530. The van der Waals surface area contributed by atoms with E-state index in [4.69, 9.17) is 19.7 Å². The summed E-state index contributed by atoms with van der Waals surface area (Å²) in [7, 11) is 0. The minimum absolute atomic E-state index is 0.0536. The number of hydrogen-bond acceptors (Lipinski definition) is 6. The van der Waals surface area contributed by atoms with Crippen LogP contribution in [0, 0.1) is 17.3 Å². The van der Waals surface area contributed by atoms with Gasteiger partial charge in [-0.3, -0.25) is 4.79 Å². The lowest BCUT2D eigenvalue weighted by molar-refractivity contribution is -0.137. The molecule has 2 aromatic heterocycles. The molecule has 4 aliphatic carbocycles. The van der Waals surface area contributed by atoms with Gasteiger partial charge in [-0.05, 0) is 74.7 Å². The van der Waals surface area contributed by atoms with Gasteiger partial charge in [-0.25, -0.2) is 4.98 Å².